The molecule has 0 atom stereocenters. The number of hydrogen-bond acceptors (Lipinski definition) is 5. The summed E-state index contributed by atoms with van der Waals surface area (Å²) >= 11 is 12.6. The molecule has 0 saturated carbocycles. The van der Waals surface area contributed by atoms with Crippen molar-refractivity contribution in [1.82, 2.24) is 19.5 Å². The Labute approximate surface area is 190 Å². The minimum absolute atomic E-state index is 0.535. The molecule has 2 aromatic heterocycles. The van der Waals surface area contributed by atoms with Gasteiger partial charge in [-0.3, -0.25) is 8.78 Å². The van der Waals surface area contributed by atoms with Gasteiger partial charge in [-0.2, -0.15) is 0 Å². The lowest BCUT2D eigenvalue weighted by molar-refractivity contribution is 0.670. The smallest absolute Gasteiger partial charge is 0.170 e. The molecule has 0 unspecified atom stereocenters. The van der Waals surface area contributed by atoms with E-state index in [1.165, 1.54) is 6.33 Å². The zero-order valence-electron chi connectivity index (χ0n) is 16.5. The van der Waals surface area contributed by atoms with Crippen LogP contribution in [0, 0.1) is 0 Å². The van der Waals surface area contributed by atoms with E-state index in [1.54, 1.807) is 0 Å². The van der Waals surface area contributed by atoms with Crippen LogP contribution in [0.25, 0.3) is 28.2 Å². The number of fused-ring (bicyclic) bond motifs is 1. The number of halogens is 2. The molecule has 158 valence electrons. The van der Waals surface area contributed by atoms with E-state index in [4.69, 9.17) is 28.2 Å². The number of anilines is 1. The highest BCUT2D eigenvalue weighted by Gasteiger charge is 2.25. The second kappa shape index (κ2) is 7.82. The van der Waals surface area contributed by atoms with E-state index in [1.807, 2.05) is 53.1 Å². The summed E-state index contributed by atoms with van der Waals surface area (Å²) in [4.78, 5) is 16.1. The minimum Gasteiger partial charge on any atom is -0.353 e. The van der Waals surface area contributed by atoms with Gasteiger partial charge in [0.05, 0.1) is 5.02 Å². The van der Waals surface area contributed by atoms with Crippen molar-refractivity contribution in [3.05, 3.63) is 64.9 Å². The van der Waals surface area contributed by atoms with E-state index in [9.17, 15) is 4.21 Å². The van der Waals surface area contributed by atoms with Crippen molar-refractivity contribution in [3.8, 4) is 17.1 Å². The Hall–Kier alpha value is -2.61. The van der Waals surface area contributed by atoms with E-state index in [-0.39, 0.29) is 0 Å². The van der Waals surface area contributed by atoms with Crippen molar-refractivity contribution in [2.75, 3.05) is 29.5 Å². The topological polar surface area (TPSA) is 63.9 Å². The second-order valence-corrected chi connectivity index (χ2v) is 11.0. The van der Waals surface area contributed by atoms with Crippen LogP contribution in [-0.2, 0) is 9.52 Å². The van der Waals surface area contributed by atoms with Gasteiger partial charge < -0.3 is 4.90 Å². The van der Waals surface area contributed by atoms with Crippen LogP contribution in [0.4, 0.5) is 5.82 Å². The Kier molecular flexibility index (Phi) is 5.12. The van der Waals surface area contributed by atoms with Crippen LogP contribution >= 0.6 is 23.2 Å². The number of benzene rings is 2. The van der Waals surface area contributed by atoms with Crippen LogP contribution in [-0.4, -0.2) is 54.2 Å². The highest BCUT2D eigenvalue weighted by atomic mass is 35.5. The molecule has 0 bridgehead atoms. The van der Waals surface area contributed by atoms with Gasteiger partial charge in [-0.1, -0.05) is 35.3 Å². The van der Waals surface area contributed by atoms with Crippen LogP contribution in [0.5, 0.6) is 0 Å². The summed E-state index contributed by atoms with van der Waals surface area (Å²) in [5.74, 6) is 6.32. The van der Waals surface area contributed by atoms with E-state index in [2.05, 4.69) is 20.7 Å². The molecule has 0 N–H and O–H groups in total. The number of nitrogens with zero attached hydrogens (tertiary/aromatic N) is 5. The van der Waals surface area contributed by atoms with Crippen LogP contribution < -0.4 is 4.90 Å². The molecule has 1 aliphatic rings. The molecule has 0 amide bonds. The third-order valence-corrected chi connectivity index (χ3v) is 7.83. The SMILES string of the molecule is C=S1(=O)CCN(c2ncnc3c2nc(-c2ccccc2Cl)n3-c2ccc(Cl)cc2)CC1. The predicted octanol–water partition coefficient (Wildman–Crippen LogP) is 4.33. The summed E-state index contributed by atoms with van der Waals surface area (Å²) in [5.41, 5.74) is 3.00. The standard InChI is InChI=1S/C22H19Cl2N5OS/c1-31(30)12-10-28(11-13-31)21-19-22(26-14-25-21)29(16-8-6-15(23)7-9-16)20(27-19)17-4-2-3-5-18(17)24/h2-9,14H,1,10-13H2. The first-order valence-electron chi connectivity index (χ1n) is 9.75. The lowest BCUT2D eigenvalue weighted by Crippen LogP contribution is -2.40. The van der Waals surface area contributed by atoms with Gasteiger partial charge >= 0.3 is 0 Å². The Morgan fingerprint density at radius 2 is 1.68 bits per heavy atom. The molecule has 0 radical (unpaired) electrons. The monoisotopic (exact) mass is 471 g/mol. The van der Waals surface area contributed by atoms with E-state index >= 15 is 0 Å². The van der Waals surface area contributed by atoms with E-state index < -0.39 is 9.52 Å². The average molecular weight is 472 g/mol. The molecule has 1 fully saturated rings. The second-order valence-electron chi connectivity index (χ2n) is 7.46. The van der Waals surface area contributed by atoms with Crippen molar-refractivity contribution < 1.29 is 4.21 Å². The molecule has 5 rings (SSSR count). The molecule has 0 aliphatic carbocycles. The van der Waals surface area contributed by atoms with Crippen molar-refractivity contribution in [3.63, 3.8) is 0 Å². The summed E-state index contributed by atoms with van der Waals surface area (Å²) in [6.45, 7) is 1.23. The van der Waals surface area contributed by atoms with Gasteiger partial charge in [0, 0.05) is 40.9 Å². The number of rotatable bonds is 3. The number of imidazole rings is 1. The normalized spacial score (nSPS) is 16.0. The maximum absolute atomic E-state index is 12.3. The molecule has 2 aromatic carbocycles. The summed E-state index contributed by atoms with van der Waals surface area (Å²) in [6, 6.07) is 15.1. The lowest BCUT2D eigenvalue weighted by Gasteiger charge is -2.29. The fourth-order valence-corrected chi connectivity index (χ4v) is 5.41. The van der Waals surface area contributed by atoms with Crippen LogP contribution in [0.3, 0.4) is 0 Å². The molecule has 0 spiro atoms. The summed E-state index contributed by atoms with van der Waals surface area (Å²) < 4.78 is 14.3. The van der Waals surface area contributed by atoms with Crippen LogP contribution in [0.2, 0.25) is 10.0 Å². The van der Waals surface area contributed by atoms with E-state index in [0.717, 1.165) is 17.1 Å². The first kappa shape index (κ1) is 20.3. The molecular formula is C22H19Cl2N5OS. The van der Waals surface area contributed by atoms with Gasteiger partial charge in [0.1, 0.15) is 12.2 Å². The quantitative estimate of drug-likeness (QED) is 0.416. The molecule has 3 heterocycles. The molecule has 9 heteroatoms. The van der Waals surface area contributed by atoms with Crippen molar-refractivity contribution in [2.24, 2.45) is 0 Å². The zero-order chi connectivity index (χ0) is 21.6. The molecular weight excluding hydrogens is 453 g/mol. The van der Waals surface area contributed by atoms with Gasteiger partial charge in [-0.05, 0) is 51.8 Å². The van der Waals surface area contributed by atoms with E-state index in [0.29, 0.717) is 51.6 Å². The zero-order valence-corrected chi connectivity index (χ0v) is 18.9. The van der Waals surface area contributed by atoms with Crippen LogP contribution in [0.1, 0.15) is 0 Å². The largest absolute Gasteiger partial charge is 0.353 e. The molecule has 6 nitrogen and oxygen atoms in total. The molecule has 31 heavy (non-hydrogen) atoms. The molecule has 4 aromatic rings. The van der Waals surface area contributed by atoms with Crippen molar-refractivity contribution in [2.45, 2.75) is 0 Å². The summed E-state index contributed by atoms with van der Waals surface area (Å²) in [5, 5.41) is 1.24. The maximum atomic E-state index is 12.3. The van der Waals surface area contributed by atoms with Crippen LogP contribution in [0.15, 0.2) is 54.9 Å². The third kappa shape index (κ3) is 3.78. The Morgan fingerprint density at radius 3 is 2.39 bits per heavy atom. The third-order valence-electron chi connectivity index (χ3n) is 5.39. The summed E-state index contributed by atoms with van der Waals surface area (Å²) in [7, 11) is -2.02. The van der Waals surface area contributed by atoms with Crippen molar-refractivity contribution >= 4 is 55.6 Å². The number of hydrogen-bond donors (Lipinski definition) is 0. The van der Waals surface area contributed by atoms with Gasteiger partial charge in [0.2, 0.25) is 0 Å². The predicted molar refractivity (Wildman–Crippen MR) is 129 cm³/mol. The van der Waals surface area contributed by atoms with Gasteiger partial charge in [0.15, 0.2) is 17.0 Å². The molecule has 1 aliphatic heterocycles. The lowest BCUT2D eigenvalue weighted by atomic mass is 10.2. The Morgan fingerprint density at radius 1 is 0.968 bits per heavy atom. The van der Waals surface area contributed by atoms with Gasteiger partial charge in [-0.25, -0.2) is 15.0 Å². The van der Waals surface area contributed by atoms with Crippen molar-refractivity contribution in [1.29, 1.82) is 0 Å². The highest BCUT2D eigenvalue weighted by molar-refractivity contribution is 8.00. The number of aromatic nitrogens is 4. The average Bonchev–Trinajstić information content (AvgIpc) is 3.14. The van der Waals surface area contributed by atoms with Gasteiger partial charge in [-0.15, -0.1) is 0 Å². The minimum atomic E-state index is -2.02. The fraction of sp³-hybridized carbons (Fsp3) is 0.182. The Balaban J connectivity index is 1.74. The Bertz CT molecular complexity index is 1370. The fourth-order valence-electron chi connectivity index (χ4n) is 3.75. The highest BCUT2D eigenvalue weighted by Crippen LogP contribution is 2.34. The summed E-state index contributed by atoms with van der Waals surface area (Å²) in [6.07, 6.45) is 1.54. The molecule has 1 saturated heterocycles. The van der Waals surface area contributed by atoms with Gasteiger partial charge in [0.25, 0.3) is 0 Å². The first-order valence-corrected chi connectivity index (χ1v) is 12.6. The maximum Gasteiger partial charge on any atom is 0.170 e. The first-order chi connectivity index (χ1) is 14.9.